The van der Waals surface area contributed by atoms with Gasteiger partial charge in [0.15, 0.2) is 17.2 Å². The Bertz CT molecular complexity index is 934. The van der Waals surface area contributed by atoms with Crippen LogP contribution in [-0.4, -0.2) is 25.6 Å². The molecule has 146 valence electrons. The van der Waals surface area contributed by atoms with Gasteiger partial charge in [0.1, 0.15) is 0 Å². The van der Waals surface area contributed by atoms with Crippen molar-refractivity contribution in [1.29, 1.82) is 0 Å². The summed E-state index contributed by atoms with van der Waals surface area (Å²) in [6.45, 7) is 8.88. The molecule has 0 N–H and O–H groups in total. The first-order valence-corrected chi connectivity index (χ1v) is 9.26. The van der Waals surface area contributed by atoms with Crippen LogP contribution < -0.4 is 9.47 Å². The van der Waals surface area contributed by atoms with Gasteiger partial charge in [0.05, 0.1) is 13.7 Å². The fourth-order valence-electron chi connectivity index (χ4n) is 2.85. The van der Waals surface area contributed by atoms with E-state index in [-0.39, 0.29) is 11.1 Å². The van der Waals surface area contributed by atoms with Crippen molar-refractivity contribution in [3.8, 4) is 11.5 Å². The van der Waals surface area contributed by atoms with Crippen LogP contribution in [0.1, 0.15) is 44.4 Å². The number of hydrogen-bond acceptors (Lipinski definition) is 5. The molecule has 0 saturated heterocycles. The Morgan fingerprint density at radius 1 is 1.07 bits per heavy atom. The summed E-state index contributed by atoms with van der Waals surface area (Å²) in [5.41, 5.74) is 3.07. The summed E-state index contributed by atoms with van der Waals surface area (Å²) < 4.78 is 16.2. The molecule has 28 heavy (non-hydrogen) atoms. The van der Waals surface area contributed by atoms with Gasteiger partial charge in [0.2, 0.25) is 5.90 Å². The lowest BCUT2D eigenvalue weighted by Gasteiger charge is -2.18. The quantitative estimate of drug-likeness (QED) is 0.556. The van der Waals surface area contributed by atoms with Gasteiger partial charge in [-0.05, 0) is 53.8 Å². The molecule has 0 radical (unpaired) electrons. The van der Waals surface area contributed by atoms with E-state index in [0.29, 0.717) is 24.0 Å². The number of ether oxygens (including phenoxy) is 3. The molecule has 1 aliphatic rings. The maximum Gasteiger partial charge on any atom is 0.363 e. The van der Waals surface area contributed by atoms with E-state index in [0.717, 1.165) is 11.1 Å². The van der Waals surface area contributed by atoms with E-state index >= 15 is 0 Å². The largest absolute Gasteiger partial charge is 0.493 e. The van der Waals surface area contributed by atoms with Crippen molar-refractivity contribution < 1.29 is 19.0 Å². The number of methoxy groups -OCH3 is 1. The van der Waals surface area contributed by atoms with Crippen molar-refractivity contribution in [3.05, 3.63) is 64.9 Å². The van der Waals surface area contributed by atoms with Crippen LogP contribution in [0, 0.1) is 0 Å². The van der Waals surface area contributed by atoms with Crippen LogP contribution in [-0.2, 0) is 14.9 Å². The molecule has 1 aliphatic heterocycles. The normalized spacial score (nSPS) is 15.4. The lowest BCUT2D eigenvalue weighted by molar-refractivity contribution is -0.129. The first kappa shape index (κ1) is 19.7. The highest BCUT2D eigenvalue weighted by Gasteiger charge is 2.24. The lowest BCUT2D eigenvalue weighted by Crippen LogP contribution is -2.11. The Morgan fingerprint density at radius 3 is 2.39 bits per heavy atom. The summed E-state index contributed by atoms with van der Waals surface area (Å²) in [7, 11) is 1.59. The van der Waals surface area contributed by atoms with Crippen molar-refractivity contribution in [2.45, 2.75) is 33.1 Å². The van der Waals surface area contributed by atoms with Crippen LogP contribution in [0.4, 0.5) is 0 Å². The number of carbonyl (C=O) groups excluding carboxylic acids is 1. The molecule has 0 atom stereocenters. The summed E-state index contributed by atoms with van der Waals surface area (Å²) in [5.74, 6) is 1.10. The number of rotatable bonds is 5. The second-order valence-electron chi connectivity index (χ2n) is 7.51. The van der Waals surface area contributed by atoms with Crippen LogP contribution in [0.3, 0.4) is 0 Å². The molecule has 0 amide bonds. The molecule has 0 bridgehead atoms. The monoisotopic (exact) mass is 379 g/mol. The lowest BCUT2D eigenvalue weighted by atomic mass is 9.87. The van der Waals surface area contributed by atoms with Crippen molar-refractivity contribution in [2.24, 2.45) is 4.99 Å². The molecular formula is C23H25NO4. The maximum absolute atomic E-state index is 12.3. The smallest absolute Gasteiger partial charge is 0.363 e. The number of cyclic esters (lactones) is 1. The van der Waals surface area contributed by atoms with Crippen molar-refractivity contribution in [3.63, 3.8) is 0 Å². The van der Waals surface area contributed by atoms with Crippen molar-refractivity contribution in [1.82, 2.24) is 0 Å². The Morgan fingerprint density at radius 2 is 1.79 bits per heavy atom. The first-order valence-electron chi connectivity index (χ1n) is 9.26. The average molecular weight is 379 g/mol. The van der Waals surface area contributed by atoms with E-state index in [1.165, 1.54) is 5.56 Å². The topological polar surface area (TPSA) is 57.1 Å². The summed E-state index contributed by atoms with van der Waals surface area (Å²) in [6.07, 6.45) is 1.68. The Hall–Kier alpha value is -3.08. The minimum Gasteiger partial charge on any atom is -0.493 e. The standard InChI is InChI=1S/C23H25NO4/c1-6-27-20-14-15(7-12-19(20)26-5)13-18-22(25)28-21(24-18)16-8-10-17(11-9-16)23(2,3)4/h7-14H,6H2,1-5H3/b18-13-. The molecule has 0 spiro atoms. The van der Waals surface area contributed by atoms with Gasteiger partial charge < -0.3 is 14.2 Å². The molecule has 3 rings (SSSR count). The maximum atomic E-state index is 12.3. The number of carbonyl (C=O) groups is 1. The van der Waals surface area contributed by atoms with Crippen molar-refractivity contribution in [2.75, 3.05) is 13.7 Å². The molecular weight excluding hydrogens is 354 g/mol. The molecule has 2 aromatic carbocycles. The number of benzene rings is 2. The minimum atomic E-state index is -0.469. The predicted molar refractivity (Wildman–Crippen MR) is 110 cm³/mol. The minimum absolute atomic E-state index is 0.0599. The van der Waals surface area contributed by atoms with E-state index in [1.54, 1.807) is 19.3 Å². The highest BCUT2D eigenvalue weighted by atomic mass is 16.6. The van der Waals surface area contributed by atoms with E-state index in [2.05, 4.69) is 25.8 Å². The Balaban J connectivity index is 1.88. The van der Waals surface area contributed by atoms with Gasteiger partial charge >= 0.3 is 5.97 Å². The molecule has 5 nitrogen and oxygen atoms in total. The van der Waals surface area contributed by atoms with Crippen LogP contribution in [0.5, 0.6) is 11.5 Å². The van der Waals surface area contributed by atoms with Gasteiger partial charge in [-0.3, -0.25) is 0 Å². The number of aliphatic imine (C=N–C) groups is 1. The summed E-state index contributed by atoms with van der Waals surface area (Å²) in [4.78, 5) is 16.6. The summed E-state index contributed by atoms with van der Waals surface area (Å²) in [5, 5.41) is 0. The van der Waals surface area contributed by atoms with E-state index in [1.807, 2.05) is 43.3 Å². The molecule has 2 aromatic rings. The SMILES string of the molecule is CCOc1cc(/C=C2\N=C(c3ccc(C(C)(C)C)cc3)OC2=O)ccc1OC. The molecule has 1 heterocycles. The van der Waals surface area contributed by atoms with E-state index in [9.17, 15) is 4.79 Å². The molecule has 5 heteroatoms. The predicted octanol–water partition coefficient (Wildman–Crippen LogP) is 4.74. The summed E-state index contributed by atoms with van der Waals surface area (Å²) in [6, 6.07) is 13.4. The third-order valence-electron chi connectivity index (χ3n) is 4.41. The Labute approximate surface area is 165 Å². The number of nitrogens with zero attached hydrogens (tertiary/aromatic N) is 1. The van der Waals surface area contributed by atoms with Gasteiger partial charge in [0.25, 0.3) is 0 Å². The highest BCUT2D eigenvalue weighted by Crippen LogP contribution is 2.30. The fourth-order valence-corrected chi connectivity index (χ4v) is 2.85. The zero-order chi connectivity index (χ0) is 20.3. The number of esters is 1. The van der Waals surface area contributed by atoms with Gasteiger partial charge in [0, 0.05) is 5.56 Å². The summed E-state index contributed by atoms with van der Waals surface area (Å²) >= 11 is 0. The van der Waals surface area contributed by atoms with Crippen LogP contribution >= 0.6 is 0 Å². The fraction of sp³-hybridized carbons (Fsp3) is 0.304. The third kappa shape index (κ3) is 4.25. The zero-order valence-electron chi connectivity index (χ0n) is 16.9. The molecule has 0 saturated carbocycles. The van der Waals surface area contributed by atoms with Crippen LogP contribution in [0.25, 0.3) is 6.08 Å². The van der Waals surface area contributed by atoms with Gasteiger partial charge in [-0.15, -0.1) is 0 Å². The highest BCUT2D eigenvalue weighted by molar-refractivity contribution is 6.12. The average Bonchev–Trinajstić information content (AvgIpc) is 3.02. The van der Waals surface area contributed by atoms with Gasteiger partial charge in [-0.1, -0.05) is 39.0 Å². The van der Waals surface area contributed by atoms with Gasteiger partial charge in [-0.25, -0.2) is 9.79 Å². The molecule has 0 unspecified atom stereocenters. The van der Waals surface area contributed by atoms with Gasteiger partial charge in [-0.2, -0.15) is 0 Å². The molecule has 0 fully saturated rings. The molecule has 0 aromatic heterocycles. The zero-order valence-corrected chi connectivity index (χ0v) is 16.9. The second-order valence-corrected chi connectivity index (χ2v) is 7.51. The van der Waals surface area contributed by atoms with E-state index in [4.69, 9.17) is 14.2 Å². The molecule has 0 aliphatic carbocycles. The van der Waals surface area contributed by atoms with Crippen LogP contribution in [0.15, 0.2) is 53.2 Å². The Kier molecular flexibility index (Phi) is 5.54. The second kappa shape index (κ2) is 7.89. The van der Waals surface area contributed by atoms with E-state index < -0.39 is 5.97 Å². The first-order chi connectivity index (χ1) is 13.3. The van der Waals surface area contributed by atoms with Crippen LogP contribution in [0.2, 0.25) is 0 Å². The van der Waals surface area contributed by atoms with Crippen molar-refractivity contribution >= 4 is 17.9 Å². The third-order valence-corrected chi connectivity index (χ3v) is 4.41. The number of hydrogen-bond donors (Lipinski definition) is 0.